The average Bonchev–Trinajstić information content (AvgIpc) is 2.47. The molecule has 1 aromatic heterocycles. The Kier molecular flexibility index (Phi) is 4.42. The second-order valence-electron chi connectivity index (χ2n) is 4.32. The van der Waals surface area contributed by atoms with Gasteiger partial charge < -0.3 is 15.8 Å². The lowest BCUT2D eigenvalue weighted by atomic mass is 10.1. The van der Waals surface area contributed by atoms with Crippen molar-refractivity contribution < 1.29 is 5.21 Å². The maximum atomic E-state index is 8.85. The number of pyridine rings is 1. The molecule has 0 spiro atoms. The molecule has 1 aromatic carbocycles. The SMILES string of the molecule is CN(Cc1ccccn1)c1cc(Cl)ccc1C(N)=NO. The topological polar surface area (TPSA) is 74.7 Å². The van der Waals surface area contributed by atoms with Crippen molar-refractivity contribution in [1.82, 2.24) is 4.98 Å². The highest BCUT2D eigenvalue weighted by molar-refractivity contribution is 6.31. The summed E-state index contributed by atoms with van der Waals surface area (Å²) in [6.07, 6.45) is 1.74. The molecule has 6 heteroatoms. The van der Waals surface area contributed by atoms with Crippen molar-refractivity contribution in [3.8, 4) is 0 Å². The van der Waals surface area contributed by atoms with Gasteiger partial charge in [0.1, 0.15) is 0 Å². The molecule has 3 N–H and O–H groups in total. The van der Waals surface area contributed by atoms with Crippen LogP contribution in [0.1, 0.15) is 11.3 Å². The minimum atomic E-state index is 0.0459. The lowest BCUT2D eigenvalue weighted by molar-refractivity contribution is 0.318. The quantitative estimate of drug-likeness (QED) is 0.393. The van der Waals surface area contributed by atoms with Crippen LogP contribution in [0.25, 0.3) is 0 Å². The largest absolute Gasteiger partial charge is 0.409 e. The number of anilines is 1. The number of nitrogens with zero attached hydrogens (tertiary/aromatic N) is 3. The number of halogens is 1. The summed E-state index contributed by atoms with van der Waals surface area (Å²) in [7, 11) is 1.90. The number of hydrogen-bond donors (Lipinski definition) is 2. The van der Waals surface area contributed by atoms with E-state index in [0.717, 1.165) is 11.4 Å². The summed E-state index contributed by atoms with van der Waals surface area (Å²) in [5, 5.41) is 12.5. The van der Waals surface area contributed by atoms with E-state index in [2.05, 4.69) is 10.1 Å². The zero-order valence-corrected chi connectivity index (χ0v) is 11.7. The normalized spacial score (nSPS) is 11.4. The van der Waals surface area contributed by atoms with E-state index in [1.807, 2.05) is 30.1 Å². The molecule has 104 valence electrons. The molecule has 0 saturated carbocycles. The van der Waals surface area contributed by atoms with Gasteiger partial charge in [0, 0.05) is 29.5 Å². The first-order chi connectivity index (χ1) is 9.61. The van der Waals surface area contributed by atoms with E-state index in [0.29, 0.717) is 17.1 Å². The van der Waals surface area contributed by atoms with Crippen LogP contribution < -0.4 is 10.6 Å². The van der Waals surface area contributed by atoms with Crippen molar-refractivity contribution in [2.45, 2.75) is 6.54 Å². The zero-order valence-electron chi connectivity index (χ0n) is 11.0. The fourth-order valence-corrected chi connectivity index (χ4v) is 2.08. The highest BCUT2D eigenvalue weighted by Gasteiger charge is 2.12. The first-order valence-corrected chi connectivity index (χ1v) is 6.38. The molecular formula is C14H15ClN4O. The fourth-order valence-electron chi connectivity index (χ4n) is 1.91. The molecule has 0 fully saturated rings. The maximum absolute atomic E-state index is 8.85. The van der Waals surface area contributed by atoms with E-state index in [-0.39, 0.29) is 5.84 Å². The molecule has 5 nitrogen and oxygen atoms in total. The van der Waals surface area contributed by atoms with Crippen LogP contribution >= 0.6 is 11.6 Å². The Hall–Kier alpha value is -2.27. The van der Waals surface area contributed by atoms with Gasteiger partial charge in [-0.05, 0) is 30.3 Å². The fraction of sp³-hybridized carbons (Fsp3) is 0.143. The molecule has 0 atom stereocenters. The molecule has 0 aliphatic heterocycles. The van der Waals surface area contributed by atoms with Crippen LogP contribution in [0.5, 0.6) is 0 Å². The summed E-state index contributed by atoms with van der Waals surface area (Å²) in [5.41, 5.74) is 8.01. The number of aromatic nitrogens is 1. The van der Waals surface area contributed by atoms with Crippen LogP contribution in [0.4, 0.5) is 5.69 Å². The number of nitrogens with two attached hydrogens (primary N) is 1. The minimum Gasteiger partial charge on any atom is -0.409 e. The minimum absolute atomic E-state index is 0.0459. The molecule has 0 aliphatic carbocycles. The van der Waals surface area contributed by atoms with E-state index in [1.54, 1.807) is 24.4 Å². The van der Waals surface area contributed by atoms with Gasteiger partial charge in [-0.25, -0.2) is 0 Å². The Labute approximate surface area is 122 Å². The van der Waals surface area contributed by atoms with E-state index >= 15 is 0 Å². The molecule has 0 aliphatic rings. The number of rotatable bonds is 4. The van der Waals surface area contributed by atoms with Crippen LogP contribution in [0.15, 0.2) is 47.8 Å². The van der Waals surface area contributed by atoms with E-state index in [4.69, 9.17) is 22.5 Å². The van der Waals surface area contributed by atoms with E-state index < -0.39 is 0 Å². The van der Waals surface area contributed by atoms with Gasteiger partial charge >= 0.3 is 0 Å². The molecule has 2 aromatic rings. The van der Waals surface area contributed by atoms with Crippen molar-refractivity contribution in [2.24, 2.45) is 10.9 Å². The Morgan fingerprint density at radius 1 is 1.40 bits per heavy atom. The van der Waals surface area contributed by atoms with E-state index in [1.165, 1.54) is 0 Å². The van der Waals surface area contributed by atoms with Crippen LogP contribution in [-0.4, -0.2) is 23.1 Å². The molecule has 0 bridgehead atoms. The summed E-state index contributed by atoms with van der Waals surface area (Å²) in [5.74, 6) is 0.0459. The second-order valence-corrected chi connectivity index (χ2v) is 4.76. The van der Waals surface area contributed by atoms with Crippen LogP contribution in [0.3, 0.4) is 0 Å². The molecule has 0 unspecified atom stereocenters. The number of amidine groups is 1. The Balaban J connectivity index is 2.33. The maximum Gasteiger partial charge on any atom is 0.172 e. The Bertz CT molecular complexity index is 616. The predicted octanol–water partition coefficient (Wildman–Crippen LogP) is 2.47. The first kappa shape index (κ1) is 14.1. The molecule has 0 radical (unpaired) electrons. The van der Waals surface area contributed by atoms with Gasteiger partial charge in [-0.2, -0.15) is 0 Å². The summed E-state index contributed by atoms with van der Waals surface area (Å²) in [4.78, 5) is 6.22. The number of oxime groups is 1. The molecule has 0 amide bonds. The molecule has 2 rings (SSSR count). The lowest BCUT2D eigenvalue weighted by Gasteiger charge is -2.22. The zero-order chi connectivity index (χ0) is 14.5. The summed E-state index contributed by atoms with van der Waals surface area (Å²) < 4.78 is 0. The average molecular weight is 291 g/mol. The van der Waals surface area contributed by atoms with Gasteiger partial charge in [0.05, 0.1) is 12.2 Å². The smallest absolute Gasteiger partial charge is 0.172 e. The third kappa shape index (κ3) is 3.19. The Morgan fingerprint density at radius 2 is 2.20 bits per heavy atom. The van der Waals surface area contributed by atoms with Crippen molar-refractivity contribution >= 4 is 23.1 Å². The van der Waals surface area contributed by atoms with Crippen LogP contribution in [-0.2, 0) is 6.54 Å². The first-order valence-electron chi connectivity index (χ1n) is 6.00. The number of hydrogen-bond acceptors (Lipinski definition) is 4. The van der Waals surface area contributed by atoms with Gasteiger partial charge in [-0.3, -0.25) is 4.98 Å². The second kappa shape index (κ2) is 6.25. The van der Waals surface area contributed by atoms with Crippen LogP contribution in [0, 0.1) is 0 Å². The highest BCUT2D eigenvalue weighted by Crippen LogP contribution is 2.25. The van der Waals surface area contributed by atoms with Crippen molar-refractivity contribution in [3.63, 3.8) is 0 Å². The van der Waals surface area contributed by atoms with Gasteiger partial charge in [0.2, 0.25) is 0 Å². The molecular weight excluding hydrogens is 276 g/mol. The number of benzene rings is 1. The van der Waals surface area contributed by atoms with Gasteiger partial charge in [-0.1, -0.05) is 22.8 Å². The Morgan fingerprint density at radius 3 is 2.85 bits per heavy atom. The van der Waals surface area contributed by atoms with Gasteiger partial charge in [-0.15, -0.1) is 0 Å². The molecule has 1 heterocycles. The summed E-state index contributed by atoms with van der Waals surface area (Å²) in [6, 6.07) is 10.9. The van der Waals surface area contributed by atoms with Gasteiger partial charge in [0.15, 0.2) is 5.84 Å². The van der Waals surface area contributed by atoms with Crippen molar-refractivity contribution in [3.05, 3.63) is 58.9 Å². The van der Waals surface area contributed by atoms with Gasteiger partial charge in [0.25, 0.3) is 0 Å². The predicted molar refractivity (Wildman–Crippen MR) is 80.3 cm³/mol. The standard InChI is InChI=1S/C14H15ClN4O/c1-19(9-11-4-2-3-7-17-11)13-8-10(15)5-6-12(13)14(16)18-20/h2-8,20H,9H2,1H3,(H2,16,18). The monoisotopic (exact) mass is 290 g/mol. The highest BCUT2D eigenvalue weighted by atomic mass is 35.5. The van der Waals surface area contributed by atoms with Crippen molar-refractivity contribution in [1.29, 1.82) is 0 Å². The van der Waals surface area contributed by atoms with Crippen LogP contribution in [0.2, 0.25) is 5.02 Å². The molecule has 0 saturated heterocycles. The summed E-state index contributed by atoms with van der Waals surface area (Å²) in [6.45, 7) is 0.590. The lowest BCUT2D eigenvalue weighted by Crippen LogP contribution is -2.23. The van der Waals surface area contributed by atoms with E-state index in [9.17, 15) is 0 Å². The van der Waals surface area contributed by atoms with Crippen molar-refractivity contribution in [2.75, 3.05) is 11.9 Å². The third-order valence-electron chi connectivity index (χ3n) is 2.88. The summed E-state index contributed by atoms with van der Waals surface area (Å²) >= 11 is 6.03. The molecule has 20 heavy (non-hydrogen) atoms. The third-order valence-corrected chi connectivity index (χ3v) is 3.12.